The first-order valence-corrected chi connectivity index (χ1v) is 6.71. The molecule has 0 fully saturated rings. The molecule has 0 aliphatic heterocycles. The maximum absolute atomic E-state index is 12.9. The van der Waals surface area contributed by atoms with Crippen LogP contribution in [0, 0.1) is 5.82 Å². The molecule has 0 atom stereocenters. The van der Waals surface area contributed by atoms with E-state index in [4.69, 9.17) is 0 Å². The Morgan fingerprint density at radius 3 is 1.83 bits per heavy atom. The van der Waals surface area contributed by atoms with Gasteiger partial charge in [-0.1, -0.05) is 0 Å². The Bertz CT molecular complexity index is 683. The van der Waals surface area contributed by atoms with Gasteiger partial charge in [0.25, 0.3) is 0 Å². The number of aromatic nitrogens is 3. The summed E-state index contributed by atoms with van der Waals surface area (Å²) in [7, 11) is 0. The van der Waals surface area contributed by atoms with Crippen molar-refractivity contribution in [1.29, 1.82) is 0 Å². The summed E-state index contributed by atoms with van der Waals surface area (Å²) in [4.78, 5) is 1.49. The lowest BCUT2D eigenvalue weighted by atomic mass is 10.3. The number of hydrogen-bond acceptors (Lipinski definition) is 2. The molecule has 90 valence electrons. The van der Waals surface area contributed by atoms with Gasteiger partial charge < -0.3 is 0 Å². The molecule has 0 bridgehead atoms. The molecule has 18 heavy (non-hydrogen) atoms. The monoisotopic (exact) mass is 369 g/mol. The van der Waals surface area contributed by atoms with Crippen molar-refractivity contribution in [2.24, 2.45) is 0 Å². The largest absolute Gasteiger partial charge is 0.207 e. The van der Waals surface area contributed by atoms with Gasteiger partial charge in [-0.2, -0.15) is 4.80 Å². The summed E-state index contributed by atoms with van der Waals surface area (Å²) >= 11 is 6.86. The number of nitrogens with zero attached hydrogens (tertiary/aromatic N) is 3. The van der Waals surface area contributed by atoms with Crippen molar-refractivity contribution >= 4 is 42.9 Å². The number of fused-ring (bicyclic) bond motifs is 1. The number of hydrogen-bond donors (Lipinski definition) is 0. The van der Waals surface area contributed by atoms with Crippen molar-refractivity contribution in [2.45, 2.75) is 0 Å². The van der Waals surface area contributed by atoms with Crippen molar-refractivity contribution in [3.8, 4) is 5.69 Å². The molecular formula is C12H6Br2FN3. The van der Waals surface area contributed by atoms with E-state index in [-0.39, 0.29) is 5.82 Å². The average molecular weight is 371 g/mol. The quantitative estimate of drug-likeness (QED) is 0.646. The van der Waals surface area contributed by atoms with E-state index >= 15 is 0 Å². The van der Waals surface area contributed by atoms with Gasteiger partial charge in [-0.05, 0) is 68.3 Å². The van der Waals surface area contributed by atoms with Crippen LogP contribution < -0.4 is 0 Å². The van der Waals surface area contributed by atoms with E-state index in [0.717, 1.165) is 20.0 Å². The first-order valence-electron chi connectivity index (χ1n) is 5.12. The molecule has 0 N–H and O–H groups in total. The molecule has 0 unspecified atom stereocenters. The molecule has 0 aliphatic rings. The Balaban J connectivity index is 2.22. The van der Waals surface area contributed by atoms with E-state index in [1.807, 2.05) is 12.1 Å². The highest BCUT2D eigenvalue weighted by Gasteiger charge is 2.10. The van der Waals surface area contributed by atoms with E-state index in [1.54, 1.807) is 12.1 Å². The van der Waals surface area contributed by atoms with Gasteiger partial charge in [-0.15, -0.1) is 10.2 Å². The van der Waals surface area contributed by atoms with Crippen molar-refractivity contribution in [2.75, 3.05) is 0 Å². The molecule has 3 aromatic rings. The summed E-state index contributed by atoms with van der Waals surface area (Å²) in [6.45, 7) is 0. The predicted octanol–water partition coefficient (Wildman–Crippen LogP) is 4.08. The highest BCUT2D eigenvalue weighted by molar-refractivity contribution is 9.11. The minimum atomic E-state index is -0.280. The average Bonchev–Trinajstić information content (AvgIpc) is 2.81. The van der Waals surface area contributed by atoms with Gasteiger partial charge in [0.2, 0.25) is 0 Å². The van der Waals surface area contributed by atoms with E-state index in [1.165, 1.54) is 16.9 Å². The number of benzene rings is 2. The molecule has 1 aromatic heterocycles. The molecule has 0 saturated heterocycles. The van der Waals surface area contributed by atoms with Gasteiger partial charge in [-0.25, -0.2) is 4.39 Å². The zero-order chi connectivity index (χ0) is 12.7. The Kier molecular flexibility index (Phi) is 2.91. The summed E-state index contributed by atoms with van der Waals surface area (Å²) < 4.78 is 14.6. The Morgan fingerprint density at radius 2 is 1.33 bits per heavy atom. The molecule has 0 amide bonds. The van der Waals surface area contributed by atoms with E-state index in [0.29, 0.717) is 5.69 Å². The third-order valence-electron chi connectivity index (χ3n) is 2.50. The molecule has 0 saturated carbocycles. The van der Waals surface area contributed by atoms with Crippen LogP contribution in [0.2, 0.25) is 0 Å². The van der Waals surface area contributed by atoms with Crippen molar-refractivity contribution in [3.05, 3.63) is 51.2 Å². The topological polar surface area (TPSA) is 30.7 Å². The second-order valence-electron chi connectivity index (χ2n) is 3.69. The van der Waals surface area contributed by atoms with Crippen LogP contribution in [0.15, 0.2) is 45.3 Å². The number of halogens is 3. The van der Waals surface area contributed by atoms with Crippen LogP contribution >= 0.6 is 31.9 Å². The Morgan fingerprint density at radius 1 is 0.833 bits per heavy atom. The molecule has 3 nitrogen and oxygen atoms in total. The van der Waals surface area contributed by atoms with Gasteiger partial charge in [0, 0.05) is 8.95 Å². The number of rotatable bonds is 1. The SMILES string of the molecule is Fc1ccc(-n2nc3c(Br)ccc(Br)c3n2)cc1. The van der Waals surface area contributed by atoms with Crippen LogP contribution in [0.3, 0.4) is 0 Å². The van der Waals surface area contributed by atoms with Gasteiger partial charge in [0.1, 0.15) is 16.9 Å². The van der Waals surface area contributed by atoms with Crippen molar-refractivity contribution in [1.82, 2.24) is 15.0 Å². The predicted molar refractivity (Wildman–Crippen MR) is 74.2 cm³/mol. The zero-order valence-corrected chi connectivity index (χ0v) is 12.1. The third-order valence-corrected chi connectivity index (χ3v) is 3.78. The fourth-order valence-corrected chi connectivity index (χ4v) is 2.42. The van der Waals surface area contributed by atoms with Crippen molar-refractivity contribution in [3.63, 3.8) is 0 Å². The maximum atomic E-state index is 12.9. The van der Waals surface area contributed by atoms with Gasteiger partial charge in [0.15, 0.2) is 0 Å². The van der Waals surface area contributed by atoms with Crippen LogP contribution in [0.5, 0.6) is 0 Å². The van der Waals surface area contributed by atoms with Crippen LogP contribution in [0.1, 0.15) is 0 Å². The molecule has 3 rings (SSSR count). The van der Waals surface area contributed by atoms with Gasteiger partial charge >= 0.3 is 0 Å². The van der Waals surface area contributed by atoms with Gasteiger partial charge in [0.05, 0.1) is 5.69 Å². The Labute approximate surface area is 119 Å². The molecule has 0 spiro atoms. The second-order valence-corrected chi connectivity index (χ2v) is 5.40. The summed E-state index contributed by atoms with van der Waals surface area (Å²) in [6.07, 6.45) is 0. The standard InChI is InChI=1S/C12H6Br2FN3/c13-9-5-6-10(14)12-11(9)16-18(17-12)8-3-1-7(15)2-4-8/h1-6H. The smallest absolute Gasteiger partial charge is 0.129 e. The first kappa shape index (κ1) is 11.8. The second kappa shape index (κ2) is 4.44. The molecule has 6 heteroatoms. The fraction of sp³-hybridized carbons (Fsp3) is 0. The summed E-state index contributed by atoms with van der Waals surface area (Å²) in [6, 6.07) is 9.83. The molecule has 0 aliphatic carbocycles. The summed E-state index contributed by atoms with van der Waals surface area (Å²) in [5.74, 6) is -0.280. The molecular weight excluding hydrogens is 365 g/mol. The molecule has 1 heterocycles. The highest BCUT2D eigenvalue weighted by atomic mass is 79.9. The van der Waals surface area contributed by atoms with Crippen LogP contribution in [0.25, 0.3) is 16.7 Å². The first-order chi connectivity index (χ1) is 8.65. The van der Waals surface area contributed by atoms with Crippen LogP contribution in [-0.2, 0) is 0 Å². The third kappa shape index (κ3) is 1.95. The fourth-order valence-electron chi connectivity index (χ4n) is 1.62. The normalized spacial score (nSPS) is 11.1. The zero-order valence-electron chi connectivity index (χ0n) is 8.94. The van der Waals surface area contributed by atoms with Crippen LogP contribution in [-0.4, -0.2) is 15.0 Å². The summed E-state index contributed by atoms with van der Waals surface area (Å²) in [5, 5.41) is 8.76. The van der Waals surface area contributed by atoms with Crippen molar-refractivity contribution < 1.29 is 4.39 Å². The molecule has 0 radical (unpaired) electrons. The lowest BCUT2D eigenvalue weighted by molar-refractivity contribution is 0.626. The minimum Gasteiger partial charge on any atom is -0.207 e. The van der Waals surface area contributed by atoms with E-state index in [9.17, 15) is 4.39 Å². The van der Waals surface area contributed by atoms with E-state index in [2.05, 4.69) is 42.1 Å². The maximum Gasteiger partial charge on any atom is 0.129 e. The van der Waals surface area contributed by atoms with Gasteiger partial charge in [-0.3, -0.25) is 0 Å². The Hall–Kier alpha value is -1.27. The minimum absolute atomic E-state index is 0.280. The lowest BCUT2D eigenvalue weighted by Gasteiger charge is -1.97. The van der Waals surface area contributed by atoms with E-state index < -0.39 is 0 Å². The lowest BCUT2D eigenvalue weighted by Crippen LogP contribution is -1.98. The molecule has 2 aromatic carbocycles. The highest BCUT2D eigenvalue weighted by Crippen LogP contribution is 2.28. The van der Waals surface area contributed by atoms with Crippen LogP contribution in [0.4, 0.5) is 4.39 Å². The summed E-state index contributed by atoms with van der Waals surface area (Å²) in [5.41, 5.74) is 2.23.